The number of hydrogen-bond acceptors (Lipinski definition) is 2. The monoisotopic (exact) mass is 280 g/mol. The number of allylic oxidation sites excluding steroid dienone is 4. The molecule has 1 aromatic rings. The largest absolute Gasteiger partial charge is 0.262 e. The van der Waals surface area contributed by atoms with Gasteiger partial charge in [0, 0.05) is 0 Å². The van der Waals surface area contributed by atoms with Crippen molar-refractivity contribution in [1.82, 2.24) is 0 Å². The first-order valence-electron chi connectivity index (χ1n) is 7.40. The zero-order valence-electron chi connectivity index (χ0n) is 13.2. The van der Waals surface area contributed by atoms with Gasteiger partial charge in [0.05, 0.1) is 18.4 Å². The molecule has 0 amide bonds. The average molecular weight is 280 g/mol. The van der Waals surface area contributed by atoms with Crippen LogP contribution < -0.4 is 5.01 Å². The summed E-state index contributed by atoms with van der Waals surface area (Å²) in [5, 5.41) is 6.67. The Bertz CT molecular complexity index is 577. The molecule has 0 radical (unpaired) electrons. The number of nitrogens with zero attached hydrogens (tertiary/aromatic N) is 2. The second-order valence-electron chi connectivity index (χ2n) is 6.04. The third kappa shape index (κ3) is 3.72. The highest BCUT2D eigenvalue weighted by molar-refractivity contribution is 5.83. The van der Waals surface area contributed by atoms with E-state index in [2.05, 4.69) is 51.6 Å². The van der Waals surface area contributed by atoms with E-state index in [1.165, 1.54) is 11.1 Å². The number of rotatable bonds is 5. The van der Waals surface area contributed by atoms with Crippen molar-refractivity contribution in [2.45, 2.75) is 27.2 Å². The summed E-state index contributed by atoms with van der Waals surface area (Å²) in [6.07, 6.45) is 9.36. The van der Waals surface area contributed by atoms with Gasteiger partial charge in [-0.3, -0.25) is 5.01 Å². The molecule has 0 saturated carbocycles. The van der Waals surface area contributed by atoms with Gasteiger partial charge in [0.2, 0.25) is 0 Å². The molecular formula is C19H24N2. The van der Waals surface area contributed by atoms with Crippen LogP contribution in [0.4, 0.5) is 5.69 Å². The van der Waals surface area contributed by atoms with Crippen molar-refractivity contribution >= 4 is 11.9 Å². The van der Waals surface area contributed by atoms with Crippen LogP contribution in [0.15, 0.2) is 71.4 Å². The molecule has 1 aliphatic carbocycles. The average Bonchev–Trinajstić information content (AvgIpc) is 2.46. The number of benzene rings is 1. The minimum absolute atomic E-state index is 0.138. The minimum atomic E-state index is 0.138. The van der Waals surface area contributed by atoms with E-state index < -0.39 is 0 Å². The van der Waals surface area contributed by atoms with Crippen molar-refractivity contribution in [1.29, 1.82) is 0 Å². The molecule has 0 N–H and O–H groups in total. The SMILES string of the molecule is C=CCN(/N=C/C1=C(C)C=CCC1(C)C)c1ccccc1. The van der Waals surface area contributed by atoms with Gasteiger partial charge in [0.1, 0.15) is 0 Å². The third-order valence-electron chi connectivity index (χ3n) is 3.83. The summed E-state index contributed by atoms with van der Waals surface area (Å²) in [5.41, 5.74) is 3.81. The van der Waals surface area contributed by atoms with Gasteiger partial charge in [-0.05, 0) is 42.0 Å². The van der Waals surface area contributed by atoms with Gasteiger partial charge in [0.15, 0.2) is 0 Å². The summed E-state index contributed by atoms with van der Waals surface area (Å²) in [4.78, 5) is 0. The number of hydrogen-bond donors (Lipinski definition) is 0. The van der Waals surface area contributed by atoms with Crippen molar-refractivity contribution in [2.24, 2.45) is 10.5 Å². The second kappa shape index (κ2) is 6.57. The summed E-state index contributed by atoms with van der Waals surface area (Å²) in [7, 11) is 0. The normalized spacial score (nSPS) is 17.3. The zero-order chi connectivity index (χ0) is 15.3. The summed E-state index contributed by atoms with van der Waals surface area (Å²) in [6, 6.07) is 10.2. The lowest BCUT2D eigenvalue weighted by molar-refractivity contribution is 0.464. The van der Waals surface area contributed by atoms with E-state index in [4.69, 9.17) is 5.10 Å². The Kier molecular flexibility index (Phi) is 4.79. The number of hydrazone groups is 1. The Labute approximate surface area is 128 Å². The van der Waals surface area contributed by atoms with Crippen LogP contribution in [-0.2, 0) is 0 Å². The number of para-hydroxylation sites is 1. The van der Waals surface area contributed by atoms with Gasteiger partial charge in [-0.1, -0.05) is 50.3 Å². The standard InChI is InChI=1S/C19H24N2/c1-5-14-21(17-11-7-6-8-12-17)20-15-18-16(2)10-9-13-19(18,3)4/h5-12,15H,1,13-14H2,2-4H3/b20-15+. The van der Waals surface area contributed by atoms with Crippen molar-refractivity contribution in [3.8, 4) is 0 Å². The smallest absolute Gasteiger partial charge is 0.0597 e. The van der Waals surface area contributed by atoms with Crippen LogP contribution in [0.1, 0.15) is 27.2 Å². The van der Waals surface area contributed by atoms with Crippen LogP contribution >= 0.6 is 0 Å². The van der Waals surface area contributed by atoms with Gasteiger partial charge < -0.3 is 0 Å². The third-order valence-corrected chi connectivity index (χ3v) is 3.83. The molecule has 0 fully saturated rings. The second-order valence-corrected chi connectivity index (χ2v) is 6.04. The maximum atomic E-state index is 4.70. The predicted octanol–water partition coefficient (Wildman–Crippen LogP) is 4.97. The highest BCUT2D eigenvalue weighted by Gasteiger charge is 2.24. The van der Waals surface area contributed by atoms with Crippen LogP contribution in [0.25, 0.3) is 0 Å². The summed E-state index contributed by atoms with van der Waals surface area (Å²) >= 11 is 0. The molecule has 110 valence electrons. The molecule has 0 bridgehead atoms. The molecule has 2 heteroatoms. The first-order chi connectivity index (χ1) is 10.0. The van der Waals surface area contributed by atoms with Crippen LogP contribution in [0.3, 0.4) is 0 Å². The molecule has 21 heavy (non-hydrogen) atoms. The van der Waals surface area contributed by atoms with E-state index in [0.29, 0.717) is 6.54 Å². The molecule has 1 aromatic carbocycles. The van der Waals surface area contributed by atoms with E-state index in [9.17, 15) is 0 Å². The van der Waals surface area contributed by atoms with E-state index in [1.54, 1.807) is 0 Å². The molecule has 0 saturated heterocycles. The summed E-state index contributed by atoms with van der Waals surface area (Å²) in [5.74, 6) is 0. The maximum Gasteiger partial charge on any atom is 0.0597 e. The quantitative estimate of drug-likeness (QED) is 0.422. The first-order valence-corrected chi connectivity index (χ1v) is 7.40. The Morgan fingerprint density at radius 2 is 2.00 bits per heavy atom. The van der Waals surface area contributed by atoms with Crippen molar-refractivity contribution in [2.75, 3.05) is 11.6 Å². The van der Waals surface area contributed by atoms with Gasteiger partial charge >= 0.3 is 0 Å². The van der Waals surface area contributed by atoms with Crippen LogP contribution in [0, 0.1) is 5.41 Å². The Morgan fingerprint density at radius 1 is 1.29 bits per heavy atom. The van der Waals surface area contributed by atoms with Crippen LogP contribution in [0.5, 0.6) is 0 Å². The van der Waals surface area contributed by atoms with E-state index in [-0.39, 0.29) is 5.41 Å². The van der Waals surface area contributed by atoms with Crippen molar-refractivity contribution in [3.63, 3.8) is 0 Å². The molecule has 2 nitrogen and oxygen atoms in total. The van der Waals surface area contributed by atoms with Crippen LogP contribution in [-0.4, -0.2) is 12.8 Å². The lowest BCUT2D eigenvalue weighted by atomic mass is 9.76. The number of anilines is 1. The molecule has 0 aliphatic heterocycles. The summed E-state index contributed by atoms with van der Waals surface area (Å²) in [6.45, 7) is 11.2. The lowest BCUT2D eigenvalue weighted by Crippen LogP contribution is -2.22. The minimum Gasteiger partial charge on any atom is -0.262 e. The fourth-order valence-electron chi connectivity index (χ4n) is 2.61. The fraction of sp³-hybridized carbons (Fsp3) is 0.316. The molecule has 0 heterocycles. The van der Waals surface area contributed by atoms with Crippen LogP contribution in [0.2, 0.25) is 0 Å². The lowest BCUT2D eigenvalue weighted by Gasteiger charge is -2.29. The molecule has 0 atom stereocenters. The molecule has 1 aliphatic rings. The van der Waals surface area contributed by atoms with Crippen molar-refractivity contribution in [3.05, 3.63) is 66.3 Å². The topological polar surface area (TPSA) is 15.6 Å². The van der Waals surface area contributed by atoms with E-state index >= 15 is 0 Å². The molecule has 2 rings (SSSR count). The molecule has 0 spiro atoms. The highest BCUT2D eigenvalue weighted by Crippen LogP contribution is 2.35. The first kappa shape index (κ1) is 15.3. The Hall–Kier alpha value is -2.09. The highest BCUT2D eigenvalue weighted by atomic mass is 15.4. The predicted molar refractivity (Wildman–Crippen MR) is 92.7 cm³/mol. The molecule has 0 unspecified atom stereocenters. The summed E-state index contributed by atoms with van der Waals surface area (Å²) < 4.78 is 0. The van der Waals surface area contributed by atoms with Gasteiger partial charge in [-0.15, -0.1) is 6.58 Å². The van der Waals surface area contributed by atoms with Gasteiger partial charge in [-0.25, -0.2) is 0 Å². The molecular weight excluding hydrogens is 256 g/mol. The van der Waals surface area contributed by atoms with Crippen molar-refractivity contribution < 1.29 is 0 Å². The van der Waals surface area contributed by atoms with E-state index in [0.717, 1.165) is 12.1 Å². The Morgan fingerprint density at radius 3 is 2.62 bits per heavy atom. The molecule has 0 aromatic heterocycles. The van der Waals surface area contributed by atoms with Gasteiger partial charge in [-0.2, -0.15) is 5.10 Å². The van der Waals surface area contributed by atoms with Gasteiger partial charge in [0.25, 0.3) is 0 Å². The Balaban J connectivity index is 2.28. The maximum absolute atomic E-state index is 4.70. The fourth-order valence-corrected chi connectivity index (χ4v) is 2.61. The zero-order valence-corrected chi connectivity index (χ0v) is 13.2. The van der Waals surface area contributed by atoms with E-state index in [1.807, 2.05) is 35.5 Å².